The van der Waals surface area contributed by atoms with Crippen LogP contribution in [0, 0.1) is 0 Å². The first-order valence-corrected chi connectivity index (χ1v) is 12.5. The van der Waals surface area contributed by atoms with Crippen LogP contribution < -0.4 is 10.8 Å². The largest absolute Gasteiger partial charge is 0.548 e. The number of carbonyl (C=O) groups is 1. The molecule has 0 amide bonds. The molecule has 0 fully saturated rings. The Balaban J connectivity index is 0.000000683. The molecule has 1 heterocycles. The highest BCUT2D eigenvalue weighted by Gasteiger charge is 2.05. The van der Waals surface area contributed by atoms with Gasteiger partial charge in [0, 0.05) is 18.7 Å². The Bertz CT molecular complexity index is 512. The average Bonchev–Trinajstić information content (AvgIpc) is 3.21. The first-order chi connectivity index (χ1) is 14.8. The third-order valence-electron chi connectivity index (χ3n) is 5.47. The summed E-state index contributed by atoms with van der Waals surface area (Å²) in [7, 11) is 6.88. The van der Waals surface area contributed by atoms with Crippen LogP contribution in [-0.4, -0.2) is 54.1 Å². The van der Waals surface area contributed by atoms with E-state index in [1.54, 1.807) is 6.20 Å². The molecular weight excluding hydrogens is 388 g/mol. The lowest BCUT2D eigenvalue weighted by Crippen LogP contribution is -2.43. The van der Waals surface area contributed by atoms with E-state index in [9.17, 15) is 9.90 Å². The number of H-pyrrole nitrogens is 1. The van der Waals surface area contributed by atoms with Gasteiger partial charge in [0.15, 0.2) is 0 Å². The van der Waals surface area contributed by atoms with Crippen molar-refractivity contribution in [3.8, 4) is 0 Å². The SMILES string of the molecule is CCCCCCCCCCCCCCCC[N+](C)(C)C.N[C@@H](Cc1c[nH]cn1)C(=O)[O-]. The van der Waals surface area contributed by atoms with Gasteiger partial charge in [0.2, 0.25) is 0 Å². The van der Waals surface area contributed by atoms with Gasteiger partial charge < -0.3 is 25.1 Å². The molecule has 0 aliphatic rings. The summed E-state index contributed by atoms with van der Waals surface area (Å²) in [5.74, 6) is -1.26. The van der Waals surface area contributed by atoms with Crippen LogP contribution in [0.4, 0.5) is 0 Å². The molecule has 0 aliphatic heterocycles. The molecule has 1 rings (SSSR count). The molecule has 182 valence electrons. The Morgan fingerprint density at radius 3 is 1.74 bits per heavy atom. The molecule has 0 bridgehead atoms. The van der Waals surface area contributed by atoms with Crippen molar-refractivity contribution in [1.82, 2.24) is 9.97 Å². The number of carbonyl (C=O) groups excluding carboxylic acids is 1. The molecule has 1 atom stereocenters. The zero-order chi connectivity index (χ0) is 23.4. The van der Waals surface area contributed by atoms with Crippen molar-refractivity contribution in [2.45, 2.75) is 109 Å². The quantitative estimate of drug-likeness (QED) is 0.265. The van der Waals surface area contributed by atoms with Crippen molar-refractivity contribution in [2.75, 3.05) is 27.7 Å². The number of nitrogens with zero attached hydrogens (tertiary/aromatic N) is 2. The van der Waals surface area contributed by atoms with Crippen molar-refractivity contribution in [2.24, 2.45) is 5.73 Å². The van der Waals surface area contributed by atoms with Crippen molar-refractivity contribution >= 4 is 5.97 Å². The maximum atomic E-state index is 10.2. The number of hydrogen-bond donors (Lipinski definition) is 2. The summed E-state index contributed by atoms with van der Waals surface area (Å²) in [6, 6.07) is -0.974. The van der Waals surface area contributed by atoms with Gasteiger partial charge in [-0.05, 0) is 12.8 Å². The number of carboxylic acid groups (broad SMARTS) is 1. The van der Waals surface area contributed by atoms with E-state index in [0.29, 0.717) is 5.69 Å². The number of aliphatic carboxylic acids is 1. The summed E-state index contributed by atoms with van der Waals surface area (Å²) < 4.78 is 1.12. The molecule has 3 N–H and O–H groups in total. The summed E-state index contributed by atoms with van der Waals surface area (Å²) in [6.45, 7) is 3.63. The Labute approximate surface area is 191 Å². The topological polar surface area (TPSA) is 94.8 Å². The zero-order valence-electron chi connectivity index (χ0n) is 20.8. The van der Waals surface area contributed by atoms with Gasteiger partial charge in [0.05, 0.1) is 45.7 Å². The number of aromatic amines is 1. The highest BCUT2D eigenvalue weighted by Crippen LogP contribution is 2.13. The van der Waals surface area contributed by atoms with Crippen LogP contribution in [-0.2, 0) is 11.2 Å². The van der Waals surface area contributed by atoms with Crippen LogP contribution in [0.2, 0.25) is 0 Å². The molecular formula is C25H50N4O2. The minimum absolute atomic E-state index is 0.200. The molecule has 0 radical (unpaired) electrons. The number of unbranched alkanes of at least 4 members (excludes halogenated alkanes) is 13. The van der Waals surface area contributed by atoms with Gasteiger partial charge >= 0.3 is 0 Å². The van der Waals surface area contributed by atoms with Crippen molar-refractivity contribution in [1.29, 1.82) is 0 Å². The molecule has 0 spiro atoms. The standard InChI is InChI=1S/C19H42N.C6H9N3O2/c1-5-6-7-8-9-10-11-12-13-14-15-16-17-18-19-20(2,3)4;7-5(6(10)11)1-4-2-8-3-9-4/h5-19H2,1-4H3;2-3,5H,1,7H2,(H,8,9)(H,10,11)/q+1;/p-1/t;5-/m.0/s1. The smallest absolute Gasteiger partial charge is 0.0923 e. The van der Waals surface area contributed by atoms with E-state index in [4.69, 9.17) is 5.73 Å². The van der Waals surface area contributed by atoms with Gasteiger partial charge in [0.25, 0.3) is 0 Å². The Morgan fingerprint density at radius 2 is 1.39 bits per heavy atom. The molecule has 31 heavy (non-hydrogen) atoms. The van der Waals surface area contributed by atoms with Gasteiger partial charge in [-0.2, -0.15) is 0 Å². The van der Waals surface area contributed by atoms with E-state index in [1.165, 1.54) is 103 Å². The fourth-order valence-corrected chi connectivity index (χ4v) is 3.49. The monoisotopic (exact) mass is 438 g/mol. The number of imidazole rings is 1. The Hall–Kier alpha value is -1.40. The molecule has 0 aromatic carbocycles. The minimum Gasteiger partial charge on any atom is -0.548 e. The molecule has 0 saturated heterocycles. The van der Waals surface area contributed by atoms with Crippen molar-refractivity contribution in [3.05, 3.63) is 18.2 Å². The van der Waals surface area contributed by atoms with Crippen molar-refractivity contribution < 1.29 is 14.4 Å². The van der Waals surface area contributed by atoms with Crippen LogP contribution in [0.25, 0.3) is 0 Å². The highest BCUT2D eigenvalue weighted by atomic mass is 16.4. The number of rotatable bonds is 18. The number of carboxylic acids is 1. The number of hydrogen-bond acceptors (Lipinski definition) is 4. The van der Waals surface area contributed by atoms with Gasteiger partial charge in [0.1, 0.15) is 0 Å². The van der Waals surface area contributed by atoms with Gasteiger partial charge in [-0.25, -0.2) is 4.98 Å². The Morgan fingerprint density at radius 1 is 0.935 bits per heavy atom. The van der Waals surface area contributed by atoms with Crippen LogP contribution in [0.3, 0.4) is 0 Å². The second-order valence-electron chi connectivity index (χ2n) is 9.80. The third-order valence-corrected chi connectivity index (χ3v) is 5.47. The summed E-state index contributed by atoms with van der Waals surface area (Å²) >= 11 is 0. The summed E-state index contributed by atoms with van der Waals surface area (Å²) in [5.41, 5.74) is 5.82. The lowest BCUT2D eigenvalue weighted by Gasteiger charge is -2.23. The van der Waals surface area contributed by atoms with Crippen LogP contribution in [0.5, 0.6) is 0 Å². The number of quaternary nitrogens is 1. The van der Waals surface area contributed by atoms with Crippen molar-refractivity contribution in [3.63, 3.8) is 0 Å². The lowest BCUT2D eigenvalue weighted by molar-refractivity contribution is -0.870. The van der Waals surface area contributed by atoms with Gasteiger partial charge in [-0.1, -0.05) is 84.0 Å². The van der Waals surface area contributed by atoms with Gasteiger partial charge in [-0.15, -0.1) is 0 Å². The van der Waals surface area contributed by atoms with E-state index in [2.05, 4.69) is 38.0 Å². The summed E-state index contributed by atoms with van der Waals surface area (Å²) in [4.78, 5) is 16.7. The van der Waals surface area contributed by atoms with Crippen LogP contribution >= 0.6 is 0 Å². The highest BCUT2D eigenvalue weighted by molar-refractivity contribution is 5.71. The molecule has 6 nitrogen and oxygen atoms in total. The zero-order valence-corrected chi connectivity index (χ0v) is 20.8. The fraction of sp³-hybridized carbons (Fsp3) is 0.840. The third kappa shape index (κ3) is 21.6. The van der Waals surface area contributed by atoms with Crippen LogP contribution in [0.1, 0.15) is 103 Å². The minimum atomic E-state index is -1.26. The first-order valence-electron chi connectivity index (χ1n) is 12.5. The molecule has 0 saturated carbocycles. The molecule has 0 aliphatic carbocycles. The molecule has 6 heteroatoms. The maximum Gasteiger partial charge on any atom is 0.0923 e. The second-order valence-corrected chi connectivity index (χ2v) is 9.80. The average molecular weight is 439 g/mol. The maximum absolute atomic E-state index is 10.2. The predicted octanol–water partition coefficient (Wildman–Crippen LogP) is 4.20. The van der Waals surface area contributed by atoms with Crippen LogP contribution in [0.15, 0.2) is 12.5 Å². The Kier molecular flexibility index (Phi) is 18.4. The van der Waals surface area contributed by atoms with E-state index in [-0.39, 0.29) is 6.42 Å². The first kappa shape index (κ1) is 29.6. The van der Waals surface area contributed by atoms with E-state index >= 15 is 0 Å². The second kappa shape index (κ2) is 19.3. The number of nitrogens with two attached hydrogens (primary N) is 1. The fourth-order valence-electron chi connectivity index (χ4n) is 3.49. The number of nitrogens with one attached hydrogen (secondary N) is 1. The summed E-state index contributed by atoms with van der Waals surface area (Å²) in [6.07, 6.45) is 23.6. The molecule has 1 aromatic rings. The van der Waals surface area contributed by atoms with E-state index < -0.39 is 12.0 Å². The normalized spacial score (nSPS) is 12.3. The lowest BCUT2D eigenvalue weighted by atomic mass is 10.0. The molecule has 0 unspecified atom stereocenters. The van der Waals surface area contributed by atoms with Gasteiger partial charge in [-0.3, -0.25) is 0 Å². The predicted molar refractivity (Wildman–Crippen MR) is 128 cm³/mol. The van der Waals surface area contributed by atoms with E-state index in [0.717, 1.165) is 4.48 Å². The molecule has 1 aromatic heterocycles. The van der Waals surface area contributed by atoms with E-state index in [1.807, 2.05) is 0 Å². The number of aromatic nitrogens is 2. The summed E-state index contributed by atoms with van der Waals surface area (Å²) in [5, 5.41) is 10.2.